The molecule has 3 rings (SSSR count). The molecule has 15 nitrogen and oxygen atoms in total. The molecule has 0 aliphatic carbocycles. The van der Waals surface area contributed by atoms with Crippen molar-refractivity contribution >= 4 is 53.8 Å². The molecule has 0 amide bonds. The van der Waals surface area contributed by atoms with E-state index in [2.05, 4.69) is 25.6 Å². The molecule has 1 aliphatic heterocycles. The SMILES string of the molecule is CS(=O)(=O)N1CCN(c2nc(NCCS(=O)(=O)O)nc(Nc3ccc(S(=O)(=O)O)cc3)n2)CC1. The summed E-state index contributed by atoms with van der Waals surface area (Å²) in [5, 5.41) is 5.55. The number of rotatable bonds is 9. The number of nitrogens with zero attached hydrogens (tertiary/aromatic N) is 5. The number of piperazine rings is 1. The van der Waals surface area contributed by atoms with E-state index >= 15 is 0 Å². The van der Waals surface area contributed by atoms with E-state index in [4.69, 9.17) is 9.11 Å². The molecule has 1 aliphatic rings. The van der Waals surface area contributed by atoms with E-state index in [0.717, 1.165) is 6.26 Å². The Balaban J connectivity index is 1.84. The lowest BCUT2D eigenvalue weighted by Crippen LogP contribution is -2.49. The first kappa shape index (κ1) is 26.0. The van der Waals surface area contributed by atoms with Gasteiger partial charge in [-0.3, -0.25) is 9.11 Å². The lowest BCUT2D eigenvalue weighted by atomic mass is 10.3. The Labute approximate surface area is 196 Å². The number of hydrogen-bond acceptors (Lipinski definition) is 12. The van der Waals surface area contributed by atoms with Gasteiger partial charge in [0.2, 0.25) is 27.9 Å². The van der Waals surface area contributed by atoms with Crippen LogP contribution in [0.5, 0.6) is 0 Å². The van der Waals surface area contributed by atoms with Gasteiger partial charge in [0, 0.05) is 38.4 Å². The second kappa shape index (κ2) is 9.92. The average Bonchev–Trinajstić information content (AvgIpc) is 2.72. The number of sulfonamides is 1. The van der Waals surface area contributed by atoms with E-state index in [-0.39, 0.29) is 42.4 Å². The van der Waals surface area contributed by atoms with Gasteiger partial charge in [-0.15, -0.1) is 0 Å². The van der Waals surface area contributed by atoms with Crippen LogP contribution in [0.25, 0.3) is 0 Å². The van der Waals surface area contributed by atoms with Crippen molar-refractivity contribution in [3.63, 3.8) is 0 Å². The number of nitrogens with one attached hydrogen (secondary N) is 2. The van der Waals surface area contributed by atoms with Crippen molar-refractivity contribution in [2.45, 2.75) is 4.90 Å². The number of aromatic nitrogens is 3. The third-order valence-electron chi connectivity index (χ3n) is 4.67. The van der Waals surface area contributed by atoms with Gasteiger partial charge in [-0.25, -0.2) is 8.42 Å². The molecule has 0 saturated carbocycles. The molecular weight excluding hydrogens is 514 g/mol. The second-order valence-electron chi connectivity index (χ2n) is 7.27. The normalized spacial score (nSPS) is 15.8. The van der Waals surface area contributed by atoms with Gasteiger partial charge in [0.1, 0.15) is 0 Å². The van der Waals surface area contributed by atoms with Crippen molar-refractivity contribution in [1.29, 1.82) is 0 Å². The Morgan fingerprint density at radius 1 is 0.882 bits per heavy atom. The molecule has 0 unspecified atom stereocenters. The highest BCUT2D eigenvalue weighted by Gasteiger charge is 2.25. The van der Waals surface area contributed by atoms with Crippen molar-refractivity contribution in [3.05, 3.63) is 24.3 Å². The van der Waals surface area contributed by atoms with Crippen LogP contribution in [0.15, 0.2) is 29.2 Å². The average molecular weight is 538 g/mol. The van der Waals surface area contributed by atoms with E-state index in [9.17, 15) is 25.3 Å². The molecule has 4 N–H and O–H groups in total. The first-order valence-corrected chi connectivity index (χ1v) is 14.6. The summed E-state index contributed by atoms with van der Waals surface area (Å²) in [6.07, 6.45) is 1.12. The van der Waals surface area contributed by atoms with Crippen molar-refractivity contribution in [2.24, 2.45) is 0 Å². The van der Waals surface area contributed by atoms with Crippen molar-refractivity contribution in [2.75, 3.05) is 60.3 Å². The van der Waals surface area contributed by atoms with Gasteiger partial charge in [0.15, 0.2) is 0 Å². The summed E-state index contributed by atoms with van der Waals surface area (Å²) in [5.41, 5.74) is 0.385. The van der Waals surface area contributed by atoms with Crippen LogP contribution in [-0.4, -0.2) is 98.3 Å². The molecule has 0 radical (unpaired) electrons. The molecule has 1 saturated heterocycles. The molecule has 2 heterocycles. The summed E-state index contributed by atoms with van der Waals surface area (Å²) in [5.74, 6) is -0.365. The highest BCUT2D eigenvalue weighted by atomic mass is 32.2. The molecule has 1 aromatic heterocycles. The van der Waals surface area contributed by atoms with Crippen LogP contribution in [0.1, 0.15) is 0 Å². The number of benzene rings is 1. The van der Waals surface area contributed by atoms with Gasteiger partial charge in [0.05, 0.1) is 16.9 Å². The first-order chi connectivity index (χ1) is 15.7. The smallest absolute Gasteiger partial charge is 0.294 e. The fraction of sp³-hybridized carbons (Fsp3) is 0.438. The molecule has 0 bridgehead atoms. The Morgan fingerprint density at radius 2 is 1.47 bits per heavy atom. The quantitative estimate of drug-likeness (QED) is 0.290. The minimum Gasteiger partial charge on any atom is -0.353 e. The summed E-state index contributed by atoms with van der Waals surface area (Å²) in [4.78, 5) is 14.1. The lowest BCUT2D eigenvalue weighted by Gasteiger charge is -2.33. The Bertz CT molecular complexity index is 1340. The fourth-order valence-corrected chi connectivity index (χ4v) is 4.66. The minimum absolute atomic E-state index is 0.00347. The van der Waals surface area contributed by atoms with E-state index in [1.54, 1.807) is 4.90 Å². The van der Waals surface area contributed by atoms with E-state index in [1.807, 2.05) is 0 Å². The van der Waals surface area contributed by atoms with Crippen LogP contribution >= 0.6 is 0 Å². The van der Waals surface area contributed by atoms with Crippen LogP contribution in [0.4, 0.5) is 23.5 Å². The van der Waals surface area contributed by atoms with Gasteiger partial charge < -0.3 is 15.5 Å². The molecule has 18 heteroatoms. The van der Waals surface area contributed by atoms with Crippen molar-refractivity contribution in [3.8, 4) is 0 Å². The van der Waals surface area contributed by atoms with E-state index < -0.39 is 36.0 Å². The number of anilines is 4. The van der Waals surface area contributed by atoms with Crippen LogP contribution in [0.3, 0.4) is 0 Å². The molecule has 2 aromatic rings. The molecule has 1 fully saturated rings. The summed E-state index contributed by atoms with van der Waals surface area (Å²) in [6, 6.07) is 5.11. The molecule has 34 heavy (non-hydrogen) atoms. The third-order valence-corrected chi connectivity index (χ3v) is 7.56. The van der Waals surface area contributed by atoms with E-state index in [0.29, 0.717) is 18.8 Å². The third kappa shape index (κ3) is 7.43. The molecule has 0 atom stereocenters. The monoisotopic (exact) mass is 537 g/mol. The van der Waals surface area contributed by atoms with Gasteiger partial charge in [-0.2, -0.15) is 36.1 Å². The summed E-state index contributed by atoms with van der Waals surface area (Å²) >= 11 is 0. The zero-order chi connectivity index (χ0) is 25.1. The largest absolute Gasteiger partial charge is 0.353 e. The molecule has 1 aromatic carbocycles. The van der Waals surface area contributed by atoms with Crippen LogP contribution in [0, 0.1) is 0 Å². The Kier molecular flexibility index (Phi) is 7.58. The Morgan fingerprint density at radius 3 is 2.00 bits per heavy atom. The highest BCUT2D eigenvalue weighted by Crippen LogP contribution is 2.21. The van der Waals surface area contributed by atoms with Crippen molar-refractivity contribution in [1.82, 2.24) is 19.3 Å². The molecule has 188 valence electrons. The second-order valence-corrected chi connectivity index (χ2v) is 12.2. The minimum atomic E-state index is -4.36. The summed E-state index contributed by atoms with van der Waals surface area (Å²) < 4.78 is 87.2. The van der Waals surface area contributed by atoms with Crippen LogP contribution in [0.2, 0.25) is 0 Å². The van der Waals surface area contributed by atoms with Gasteiger partial charge in [-0.1, -0.05) is 0 Å². The predicted molar refractivity (Wildman–Crippen MR) is 123 cm³/mol. The van der Waals surface area contributed by atoms with Gasteiger partial charge in [0.25, 0.3) is 20.2 Å². The fourth-order valence-electron chi connectivity index (χ4n) is 2.99. The van der Waals surface area contributed by atoms with Gasteiger partial charge in [-0.05, 0) is 24.3 Å². The predicted octanol–water partition coefficient (Wildman–Crippen LogP) is -0.757. The number of hydrogen-bond donors (Lipinski definition) is 4. The maximum absolute atomic E-state index is 11.7. The van der Waals surface area contributed by atoms with Crippen LogP contribution < -0.4 is 15.5 Å². The summed E-state index contributed by atoms with van der Waals surface area (Å²) in [7, 11) is -11.9. The zero-order valence-corrected chi connectivity index (χ0v) is 20.3. The molecule has 0 spiro atoms. The lowest BCUT2D eigenvalue weighted by molar-refractivity contribution is 0.385. The standard InChI is InChI=1S/C16H23N7O8S3/c1-32(24,25)23-9-7-22(8-10-23)16-20-14(17-6-11-33(26,27)28)19-15(21-16)18-12-2-4-13(5-3-12)34(29,30)31/h2-5H,6-11H2,1H3,(H,26,27,28)(H,29,30,31)(H2,17,18,19,20,21). The van der Waals surface area contributed by atoms with Crippen LogP contribution in [-0.2, 0) is 30.3 Å². The maximum Gasteiger partial charge on any atom is 0.294 e. The maximum atomic E-state index is 11.7. The first-order valence-electron chi connectivity index (χ1n) is 9.70. The van der Waals surface area contributed by atoms with E-state index in [1.165, 1.54) is 28.6 Å². The van der Waals surface area contributed by atoms with Crippen molar-refractivity contribution < 1.29 is 34.4 Å². The summed E-state index contributed by atoms with van der Waals surface area (Å²) in [6.45, 7) is 0.840. The van der Waals surface area contributed by atoms with Gasteiger partial charge >= 0.3 is 0 Å². The Hall–Kier alpha value is -2.64. The topological polar surface area (TPSA) is 212 Å². The highest BCUT2D eigenvalue weighted by molar-refractivity contribution is 7.88. The zero-order valence-electron chi connectivity index (χ0n) is 17.9. The molecular formula is C16H23N7O8S3.